The summed E-state index contributed by atoms with van der Waals surface area (Å²) in [5.74, 6) is 0. The van der Waals surface area contributed by atoms with E-state index in [1.54, 1.807) is 12.1 Å². The maximum Gasteiger partial charge on any atom is 0.241 e. The van der Waals surface area contributed by atoms with Gasteiger partial charge in [-0.15, -0.1) is 0 Å². The lowest BCUT2D eigenvalue weighted by Gasteiger charge is -2.32. The lowest BCUT2D eigenvalue weighted by atomic mass is 9.97. The van der Waals surface area contributed by atoms with Crippen molar-refractivity contribution in [2.24, 2.45) is 4.99 Å². The van der Waals surface area contributed by atoms with Gasteiger partial charge in [0.25, 0.3) is 0 Å². The molecule has 0 amide bonds. The molecule has 2 unspecified atom stereocenters. The van der Waals surface area contributed by atoms with Crippen LogP contribution in [0.3, 0.4) is 0 Å². The van der Waals surface area contributed by atoms with Gasteiger partial charge in [0, 0.05) is 10.2 Å². The Hall–Kier alpha value is -2.48. The molecule has 1 aliphatic rings. The Morgan fingerprint density at radius 1 is 1.03 bits per heavy atom. The molecule has 5 nitrogen and oxygen atoms in total. The van der Waals surface area contributed by atoms with Gasteiger partial charge in [-0.1, -0.05) is 70.0 Å². The first-order chi connectivity index (χ1) is 16.0. The topological polar surface area (TPSA) is 61.8 Å². The third kappa shape index (κ3) is 5.43. The molecular weight excluding hydrogens is 510 g/mol. The first kappa shape index (κ1) is 24.6. The van der Waals surface area contributed by atoms with Crippen LogP contribution in [0.5, 0.6) is 0 Å². The van der Waals surface area contributed by atoms with Gasteiger partial charge in [-0.05, 0) is 69.5 Å². The molecule has 3 aromatic rings. The van der Waals surface area contributed by atoms with Gasteiger partial charge in [-0.2, -0.15) is 0 Å². The quantitative estimate of drug-likeness (QED) is 0.307. The Kier molecular flexibility index (Phi) is 6.99. The van der Waals surface area contributed by atoms with E-state index in [9.17, 15) is 8.42 Å². The molecular formula is C27H30BrN3O2S. The van der Waals surface area contributed by atoms with Crippen molar-refractivity contribution in [3.05, 3.63) is 94.0 Å². The standard InChI is InChI=1S/C27H30BrN3O2S/c1-19-13-15-21(16-14-19)34(32,33)30-26(22-10-6-7-11-23(22)28)25-17-20-9-5-8-12-24(20)31(25)18-29-27(2,3)4/h5-16,18,25-26,30H,17H2,1-4H3. The number of hydrogen-bond acceptors (Lipinski definition) is 3. The zero-order valence-corrected chi connectivity index (χ0v) is 22.3. The first-order valence-corrected chi connectivity index (χ1v) is 13.6. The van der Waals surface area contributed by atoms with Crippen LogP contribution < -0.4 is 9.62 Å². The molecule has 4 rings (SSSR count). The number of aliphatic imine (C=N–C) groups is 1. The van der Waals surface area contributed by atoms with E-state index in [-0.39, 0.29) is 16.5 Å². The molecule has 1 N–H and O–H groups in total. The average Bonchev–Trinajstić information content (AvgIpc) is 3.15. The number of hydrogen-bond donors (Lipinski definition) is 1. The highest BCUT2D eigenvalue weighted by atomic mass is 79.9. The molecule has 0 aromatic heterocycles. The van der Waals surface area contributed by atoms with Crippen molar-refractivity contribution in [2.45, 2.75) is 56.6 Å². The summed E-state index contributed by atoms with van der Waals surface area (Å²) < 4.78 is 30.9. The third-order valence-electron chi connectivity index (χ3n) is 5.86. The van der Waals surface area contributed by atoms with Crippen molar-refractivity contribution in [2.75, 3.05) is 4.90 Å². The van der Waals surface area contributed by atoms with Crippen LogP contribution in [0.2, 0.25) is 0 Å². The van der Waals surface area contributed by atoms with Gasteiger partial charge in [-0.3, -0.25) is 4.99 Å². The van der Waals surface area contributed by atoms with Crippen molar-refractivity contribution in [3.63, 3.8) is 0 Å². The molecule has 3 aromatic carbocycles. The lowest BCUT2D eigenvalue weighted by molar-refractivity contribution is 0.498. The van der Waals surface area contributed by atoms with Crippen LogP contribution in [0.1, 0.15) is 43.5 Å². The minimum Gasteiger partial charge on any atom is -0.327 e. The highest BCUT2D eigenvalue weighted by Crippen LogP contribution is 2.39. The predicted molar refractivity (Wildman–Crippen MR) is 143 cm³/mol. The normalized spacial score (nSPS) is 17.2. The van der Waals surface area contributed by atoms with Crippen LogP contribution in [0, 0.1) is 6.92 Å². The number of halogens is 1. The highest BCUT2D eigenvalue weighted by Gasteiger charge is 2.38. The van der Waals surface area contributed by atoms with E-state index in [2.05, 4.69) is 37.7 Å². The number of para-hydroxylation sites is 1. The molecule has 0 saturated heterocycles. The number of nitrogens with one attached hydrogen (secondary N) is 1. The molecule has 0 aliphatic carbocycles. The summed E-state index contributed by atoms with van der Waals surface area (Å²) in [6, 6.07) is 22.2. The van der Waals surface area contributed by atoms with Crippen molar-refractivity contribution in [3.8, 4) is 0 Å². The number of benzene rings is 3. The predicted octanol–water partition coefficient (Wildman–Crippen LogP) is 6.04. The average molecular weight is 541 g/mol. The Morgan fingerprint density at radius 2 is 1.68 bits per heavy atom. The summed E-state index contributed by atoms with van der Waals surface area (Å²) in [5.41, 5.74) is 3.85. The van der Waals surface area contributed by atoms with E-state index in [1.165, 1.54) is 5.56 Å². The van der Waals surface area contributed by atoms with Crippen molar-refractivity contribution < 1.29 is 8.42 Å². The van der Waals surface area contributed by atoms with Gasteiger partial charge in [-0.25, -0.2) is 13.1 Å². The fourth-order valence-electron chi connectivity index (χ4n) is 4.13. The van der Waals surface area contributed by atoms with Gasteiger partial charge in [0.15, 0.2) is 0 Å². The van der Waals surface area contributed by atoms with Gasteiger partial charge >= 0.3 is 0 Å². The minimum atomic E-state index is -3.77. The fourth-order valence-corrected chi connectivity index (χ4v) is 5.91. The van der Waals surface area contributed by atoms with Gasteiger partial charge in [0.2, 0.25) is 10.0 Å². The first-order valence-electron chi connectivity index (χ1n) is 11.3. The Balaban J connectivity index is 1.80. The molecule has 1 aliphatic heterocycles. The van der Waals surface area contributed by atoms with Crippen molar-refractivity contribution in [1.82, 2.24) is 4.72 Å². The molecule has 0 spiro atoms. The summed E-state index contributed by atoms with van der Waals surface area (Å²) in [6.45, 7) is 8.08. The van der Waals surface area contributed by atoms with Gasteiger partial charge in [0.1, 0.15) is 0 Å². The van der Waals surface area contributed by atoms with Crippen molar-refractivity contribution in [1.29, 1.82) is 0 Å². The Morgan fingerprint density at radius 3 is 2.35 bits per heavy atom. The number of nitrogens with zero attached hydrogens (tertiary/aromatic N) is 2. The van der Waals surface area contributed by atoms with E-state index in [0.717, 1.165) is 21.3 Å². The Labute approximate surface area is 211 Å². The monoisotopic (exact) mass is 539 g/mol. The molecule has 34 heavy (non-hydrogen) atoms. The summed E-state index contributed by atoms with van der Waals surface area (Å²) in [6.07, 6.45) is 2.55. The minimum absolute atomic E-state index is 0.192. The zero-order valence-electron chi connectivity index (χ0n) is 19.9. The molecule has 0 bridgehead atoms. The molecule has 0 fully saturated rings. The van der Waals surface area contributed by atoms with E-state index in [4.69, 9.17) is 4.99 Å². The van der Waals surface area contributed by atoms with E-state index in [1.807, 2.05) is 82.6 Å². The van der Waals surface area contributed by atoms with Crippen LogP contribution in [0.4, 0.5) is 5.69 Å². The maximum absolute atomic E-state index is 13.5. The van der Waals surface area contributed by atoms with Gasteiger partial charge in [0.05, 0.1) is 28.9 Å². The third-order valence-corrected chi connectivity index (χ3v) is 8.04. The fraction of sp³-hybridized carbons (Fsp3) is 0.296. The summed E-state index contributed by atoms with van der Waals surface area (Å²) in [5, 5.41) is 0. The second-order valence-electron chi connectivity index (χ2n) is 9.66. The Bertz CT molecular complexity index is 1300. The van der Waals surface area contributed by atoms with Crippen LogP contribution >= 0.6 is 15.9 Å². The number of fused-ring (bicyclic) bond motifs is 1. The van der Waals surface area contributed by atoms with E-state index < -0.39 is 16.1 Å². The molecule has 0 saturated carbocycles. The van der Waals surface area contributed by atoms with Gasteiger partial charge < -0.3 is 4.90 Å². The lowest BCUT2D eigenvalue weighted by Crippen LogP contribution is -2.45. The largest absolute Gasteiger partial charge is 0.327 e. The summed E-state index contributed by atoms with van der Waals surface area (Å²) >= 11 is 3.66. The maximum atomic E-state index is 13.5. The molecule has 0 radical (unpaired) electrons. The second kappa shape index (κ2) is 9.64. The molecule has 1 heterocycles. The van der Waals surface area contributed by atoms with Crippen LogP contribution in [0.15, 0.2) is 87.2 Å². The molecule has 7 heteroatoms. The zero-order chi connectivity index (χ0) is 24.5. The van der Waals surface area contributed by atoms with E-state index >= 15 is 0 Å². The molecule has 2 atom stereocenters. The number of rotatable bonds is 6. The number of aryl methyl sites for hydroxylation is 1. The van der Waals surface area contributed by atoms with Crippen LogP contribution in [0.25, 0.3) is 0 Å². The van der Waals surface area contributed by atoms with Crippen LogP contribution in [-0.2, 0) is 16.4 Å². The number of anilines is 1. The smallest absolute Gasteiger partial charge is 0.241 e. The van der Waals surface area contributed by atoms with E-state index in [0.29, 0.717) is 6.42 Å². The number of sulfonamides is 1. The van der Waals surface area contributed by atoms with Crippen molar-refractivity contribution >= 4 is 38.0 Å². The summed E-state index contributed by atoms with van der Waals surface area (Å²) in [7, 11) is -3.77. The SMILES string of the molecule is Cc1ccc(S(=O)(=O)NC(c2ccccc2Br)C2Cc3ccccc3N2C=NC(C)(C)C)cc1. The highest BCUT2D eigenvalue weighted by molar-refractivity contribution is 9.10. The summed E-state index contributed by atoms with van der Waals surface area (Å²) in [4.78, 5) is 7.13. The molecule has 178 valence electrons. The second-order valence-corrected chi connectivity index (χ2v) is 12.2. The van der Waals surface area contributed by atoms with Crippen LogP contribution in [-0.4, -0.2) is 26.3 Å².